The Morgan fingerprint density at radius 1 is 0.731 bits per heavy atom. The normalized spacial score (nSPS) is 19.5. The van der Waals surface area contributed by atoms with E-state index in [2.05, 4.69) is 0 Å². The minimum absolute atomic E-state index is 0.103. The summed E-state index contributed by atoms with van der Waals surface area (Å²) < 4.78 is 21.4. The third-order valence-electron chi connectivity index (χ3n) is 3.75. The van der Waals surface area contributed by atoms with Gasteiger partial charge in [-0.3, -0.25) is 9.59 Å². The molecule has 1 aliphatic heterocycles. The van der Waals surface area contributed by atoms with Crippen LogP contribution in [0.3, 0.4) is 0 Å². The van der Waals surface area contributed by atoms with Gasteiger partial charge in [0.1, 0.15) is 0 Å². The lowest BCUT2D eigenvalue weighted by atomic mass is 10.1. The van der Waals surface area contributed by atoms with Crippen LogP contribution in [0.2, 0.25) is 0 Å². The fourth-order valence-corrected chi connectivity index (χ4v) is 2.53. The highest BCUT2D eigenvalue weighted by Gasteiger charge is 2.33. The second kappa shape index (κ2) is 9.12. The Kier molecular flexibility index (Phi) is 6.35. The maximum absolute atomic E-state index is 12.1. The van der Waals surface area contributed by atoms with Crippen molar-refractivity contribution in [2.24, 2.45) is 0 Å². The fourth-order valence-electron chi connectivity index (χ4n) is 2.53. The van der Waals surface area contributed by atoms with Gasteiger partial charge in [0.15, 0.2) is 0 Å². The zero-order valence-electron chi connectivity index (χ0n) is 14.2. The van der Waals surface area contributed by atoms with E-state index < -0.39 is 24.5 Å². The van der Waals surface area contributed by atoms with Crippen LogP contribution in [-0.4, -0.2) is 37.7 Å². The summed E-state index contributed by atoms with van der Waals surface area (Å²) in [5.74, 6) is -0.952. The Labute approximate surface area is 151 Å². The lowest BCUT2D eigenvalue weighted by molar-refractivity contribution is -0.302. The van der Waals surface area contributed by atoms with Crippen molar-refractivity contribution in [2.45, 2.75) is 25.4 Å². The van der Waals surface area contributed by atoms with Crippen molar-refractivity contribution >= 4 is 11.9 Å². The number of carbonyl (C=O) groups is 2. The molecule has 0 unspecified atom stereocenters. The van der Waals surface area contributed by atoms with Crippen LogP contribution in [-0.2, 0) is 41.4 Å². The van der Waals surface area contributed by atoms with Gasteiger partial charge in [0.25, 0.3) is 12.6 Å². The van der Waals surface area contributed by atoms with Crippen LogP contribution in [0.25, 0.3) is 0 Å². The van der Waals surface area contributed by atoms with Crippen molar-refractivity contribution < 1.29 is 28.5 Å². The van der Waals surface area contributed by atoms with Gasteiger partial charge >= 0.3 is 11.9 Å². The molecule has 1 heterocycles. The van der Waals surface area contributed by atoms with Crippen LogP contribution in [0.15, 0.2) is 60.7 Å². The number of ether oxygens (including phenoxy) is 4. The van der Waals surface area contributed by atoms with Gasteiger partial charge in [-0.2, -0.15) is 0 Å². The summed E-state index contributed by atoms with van der Waals surface area (Å²) in [6, 6.07) is 18.4. The average molecular weight is 356 g/mol. The molecule has 0 aromatic heterocycles. The largest absolute Gasteiger partial charge is 0.428 e. The van der Waals surface area contributed by atoms with Crippen LogP contribution in [0.1, 0.15) is 11.1 Å². The molecule has 1 fully saturated rings. The van der Waals surface area contributed by atoms with E-state index in [1.54, 1.807) is 0 Å². The van der Waals surface area contributed by atoms with Crippen LogP contribution >= 0.6 is 0 Å². The van der Waals surface area contributed by atoms with E-state index in [9.17, 15) is 9.59 Å². The molecule has 2 aromatic rings. The van der Waals surface area contributed by atoms with Gasteiger partial charge in [-0.25, -0.2) is 0 Å². The molecule has 0 aliphatic carbocycles. The standard InChI is InChI=1S/C20H20O6/c21-17(13-15-7-3-1-4-8-15)25-19-20(24-12-11-23-19)26-18(22)14-16-9-5-2-6-10-16/h1-10,19-20H,11-14H2/t19-,20+. The van der Waals surface area contributed by atoms with Crippen molar-refractivity contribution in [1.29, 1.82) is 0 Å². The molecule has 1 aliphatic rings. The first-order chi connectivity index (χ1) is 12.7. The Hall–Kier alpha value is -2.70. The lowest BCUT2D eigenvalue weighted by Crippen LogP contribution is -2.44. The number of benzene rings is 2. The van der Waals surface area contributed by atoms with Crippen molar-refractivity contribution in [3.05, 3.63) is 71.8 Å². The second-order valence-electron chi connectivity index (χ2n) is 5.78. The summed E-state index contributed by atoms with van der Waals surface area (Å²) in [7, 11) is 0. The predicted octanol–water partition coefficient (Wildman–Crippen LogP) is 2.26. The molecule has 6 nitrogen and oxygen atoms in total. The first kappa shape index (κ1) is 18.1. The maximum Gasteiger partial charge on any atom is 0.312 e. The third-order valence-corrected chi connectivity index (χ3v) is 3.75. The molecule has 0 amide bonds. The Morgan fingerprint density at radius 3 is 1.50 bits per heavy atom. The summed E-state index contributed by atoms with van der Waals surface area (Å²) in [5, 5.41) is 0. The van der Waals surface area contributed by atoms with Gasteiger partial charge in [-0.15, -0.1) is 0 Å². The first-order valence-corrected chi connectivity index (χ1v) is 8.41. The smallest absolute Gasteiger partial charge is 0.312 e. The van der Waals surface area contributed by atoms with Crippen molar-refractivity contribution in [1.82, 2.24) is 0 Å². The van der Waals surface area contributed by atoms with Gasteiger partial charge in [0, 0.05) is 0 Å². The SMILES string of the molecule is O=C(Cc1ccccc1)O[C@H]1OCCO[C@H]1OC(=O)Cc1ccccc1. The number of rotatable bonds is 6. The highest BCUT2D eigenvalue weighted by molar-refractivity contribution is 5.73. The predicted molar refractivity (Wildman–Crippen MR) is 92.0 cm³/mol. The van der Waals surface area contributed by atoms with E-state index in [0.29, 0.717) is 0 Å². The molecule has 6 heteroatoms. The van der Waals surface area contributed by atoms with E-state index in [1.807, 2.05) is 60.7 Å². The minimum atomic E-state index is -1.07. The summed E-state index contributed by atoms with van der Waals surface area (Å²) in [5.41, 5.74) is 1.65. The highest BCUT2D eigenvalue weighted by Crippen LogP contribution is 2.16. The molecule has 0 spiro atoms. The van der Waals surface area contributed by atoms with Gasteiger partial charge in [0.05, 0.1) is 26.1 Å². The van der Waals surface area contributed by atoms with E-state index in [-0.39, 0.29) is 26.1 Å². The summed E-state index contributed by atoms with van der Waals surface area (Å²) in [6.45, 7) is 0.520. The average Bonchev–Trinajstić information content (AvgIpc) is 2.65. The minimum Gasteiger partial charge on any atom is -0.428 e. The second-order valence-corrected chi connectivity index (χ2v) is 5.78. The fraction of sp³-hybridized carbons (Fsp3) is 0.300. The van der Waals surface area contributed by atoms with Crippen LogP contribution in [0.5, 0.6) is 0 Å². The Balaban J connectivity index is 1.53. The quantitative estimate of drug-likeness (QED) is 0.740. The molecule has 1 saturated heterocycles. The number of carbonyl (C=O) groups excluding carboxylic acids is 2. The Bertz CT molecular complexity index is 652. The summed E-state index contributed by atoms with van der Waals surface area (Å²) in [6.07, 6.45) is -1.93. The van der Waals surface area contributed by atoms with Crippen LogP contribution < -0.4 is 0 Å². The molecule has 3 rings (SSSR count). The molecule has 26 heavy (non-hydrogen) atoms. The zero-order chi connectivity index (χ0) is 18.2. The summed E-state index contributed by atoms with van der Waals surface area (Å²) in [4.78, 5) is 24.2. The lowest BCUT2D eigenvalue weighted by Gasteiger charge is -2.30. The van der Waals surface area contributed by atoms with E-state index >= 15 is 0 Å². The third kappa shape index (κ3) is 5.40. The van der Waals surface area contributed by atoms with Gasteiger partial charge in [-0.05, 0) is 11.1 Å². The van der Waals surface area contributed by atoms with Gasteiger partial charge in [-0.1, -0.05) is 60.7 Å². The Morgan fingerprint density at radius 2 is 1.12 bits per heavy atom. The number of hydrogen-bond acceptors (Lipinski definition) is 6. The topological polar surface area (TPSA) is 71.1 Å². The number of hydrogen-bond donors (Lipinski definition) is 0. The van der Waals surface area contributed by atoms with E-state index in [1.165, 1.54) is 0 Å². The molecular weight excluding hydrogens is 336 g/mol. The van der Waals surface area contributed by atoms with Crippen LogP contribution in [0, 0.1) is 0 Å². The molecule has 2 atom stereocenters. The maximum atomic E-state index is 12.1. The first-order valence-electron chi connectivity index (χ1n) is 8.41. The molecule has 0 radical (unpaired) electrons. The molecule has 0 saturated carbocycles. The van der Waals surface area contributed by atoms with Crippen molar-refractivity contribution in [3.8, 4) is 0 Å². The van der Waals surface area contributed by atoms with Crippen molar-refractivity contribution in [3.63, 3.8) is 0 Å². The highest BCUT2D eigenvalue weighted by atomic mass is 16.8. The summed E-state index contributed by atoms with van der Waals surface area (Å²) >= 11 is 0. The molecule has 2 aromatic carbocycles. The van der Waals surface area contributed by atoms with Crippen LogP contribution in [0.4, 0.5) is 0 Å². The van der Waals surface area contributed by atoms with E-state index in [0.717, 1.165) is 11.1 Å². The number of esters is 2. The molecule has 0 bridgehead atoms. The zero-order valence-corrected chi connectivity index (χ0v) is 14.2. The van der Waals surface area contributed by atoms with Gasteiger partial charge in [0.2, 0.25) is 0 Å². The monoisotopic (exact) mass is 356 g/mol. The molecule has 136 valence electrons. The molecule has 0 N–H and O–H groups in total. The van der Waals surface area contributed by atoms with Gasteiger partial charge < -0.3 is 18.9 Å². The van der Waals surface area contributed by atoms with Crippen molar-refractivity contribution in [2.75, 3.05) is 13.2 Å². The van der Waals surface area contributed by atoms with E-state index in [4.69, 9.17) is 18.9 Å². The molecular formula is C20H20O6.